The van der Waals surface area contributed by atoms with Crippen molar-refractivity contribution < 1.29 is 4.39 Å². The van der Waals surface area contributed by atoms with Crippen molar-refractivity contribution in [2.45, 2.75) is 26.7 Å². The highest BCUT2D eigenvalue weighted by atomic mass is 19.1. The minimum atomic E-state index is 0.500. The minimum Gasteiger partial charge on any atom is -0.316 e. The maximum atomic E-state index is 9.50. The molecule has 0 amide bonds. The lowest BCUT2D eigenvalue weighted by atomic mass is 9.90. The van der Waals surface area contributed by atoms with Crippen LogP contribution in [0.3, 0.4) is 0 Å². The van der Waals surface area contributed by atoms with Gasteiger partial charge in [0.2, 0.25) is 0 Å². The van der Waals surface area contributed by atoms with Crippen molar-refractivity contribution in [3.05, 3.63) is 0 Å². The first kappa shape index (κ1) is 10.9. The molecule has 0 aromatic heterocycles. The van der Waals surface area contributed by atoms with Crippen molar-refractivity contribution >= 4 is 0 Å². The van der Waals surface area contributed by atoms with Gasteiger partial charge in [-0.1, -0.05) is 20.3 Å². The summed E-state index contributed by atoms with van der Waals surface area (Å²) in [6.07, 6.45) is 2.78. The highest BCUT2D eigenvalue weighted by Gasteiger charge is 2.15. The van der Waals surface area contributed by atoms with Gasteiger partial charge in [0.1, 0.15) is 0 Å². The van der Waals surface area contributed by atoms with Crippen LogP contribution >= 0.6 is 0 Å². The minimum absolute atomic E-state index is 0.500. The third-order valence-electron chi connectivity index (χ3n) is 2.24. The summed E-state index contributed by atoms with van der Waals surface area (Å²) in [6.45, 7) is 7.09. The molecule has 1 N–H and O–H groups in total. The standard InChI is InChI=1S/C8H17N.CH3F/c1-3-8-4-7(2)5-9-6-8;1-2/h7-9H,3-6H2,1-2H3;1H3. The summed E-state index contributed by atoms with van der Waals surface area (Å²) in [7, 11) is 0.500. The van der Waals surface area contributed by atoms with Crippen molar-refractivity contribution in [1.29, 1.82) is 0 Å². The van der Waals surface area contributed by atoms with Crippen LogP contribution in [-0.2, 0) is 0 Å². The molecule has 1 aliphatic rings. The van der Waals surface area contributed by atoms with E-state index in [2.05, 4.69) is 19.2 Å². The molecule has 1 rings (SSSR count). The molecule has 1 fully saturated rings. The molecule has 2 unspecified atom stereocenters. The maximum absolute atomic E-state index is 9.50. The summed E-state index contributed by atoms with van der Waals surface area (Å²) >= 11 is 0. The summed E-state index contributed by atoms with van der Waals surface area (Å²) in [4.78, 5) is 0. The number of hydrogen-bond acceptors (Lipinski definition) is 1. The van der Waals surface area contributed by atoms with Gasteiger partial charge in [-0.25, -0.2) is 0 Å². The van der Waals surface area contributed by atoms with Crippen molar-refractivity contribution in [1.82, 2.24) is 5.32 Å². The Morgan fingerprint density at radius 3 is 2.36 bits per heavy atom. The summed E-state index contributed by atoms with van der Waals surface area (Å²) in [5.74, 6) is 1.86. The van der Waals surface area contributed by atoms with Crippen LogP contribution in [0, 0.1) is 11.8 Å². The first-order valence-corrected chi connectivity index (χ1v) is 4.41. The van der Waals surface area contributed by atoms with Gasteiger partial charge in [-0.2, -0.15) is 0 Å². The average molecular weight is 161 g/mol. The first-order valence-electron chi connectivity index (χ1n) is 4.41. The number of piperidine rings is 1. The molecule has 1 nitrogen and oxygen atoms in total. The number of nitrogens with one attached hydrogen (secondary N) is 1. The van der Waals surface area contributed by atoms with Gasteiger partial charge in [-0.05, 0) is 31.3 Å². The summed E-state index contributed by atoms with van der Waals surface area (Å²) in [5.41, 5.74) is 0. The monoisotopic (exact) mass is 161 g/mol. The fourth-order valence-electron chi connectivity index (χ4n) is 1.58. The lowest BCUT2D eigenvalue weighted by molar-refractivity contribution is 0.296. The van der Waals surface area contributed by atoms with E-state index in [-0.39, 0.29) is 0 Å². The molecule has 0 aromatic carbocycles. The van der Waals surface area contributed by atoms with Crippen molar-refractivity contribution in [3.8, 4) is 0 Å². The van der Waals surface area contributed by atoms with Crippen LogP contribution in [0.2, 0.25) is 0 Å². The van der Waals surface area contributed by atoms with Crippen LogP contribution in [0.4, 0.5) is 4.39 Å². The normalized spacial score (nSPS) is 30.5. The second-order valence-corrected chi connectivity index (χ2v) is 3.27. The highest BCUT2D eigenvalue weighted by molar-refractivity contribution is 4.71. The van der Waals surface area contributed by atoms with Crippen LogP contribution in [0.1, 0.15) is 26.7 Å². The predicted molar refractivity (Wildman–Crippen MR) is 47.5 cm³/mol. The Labute approximate surface area is 69.4 Å². The van der Waals surface area contributed by atoms with E-state index in [4.69, 9.17) is 0 Å². The smallest absolute Gasteiger partial charge is 0.0785 e. The van der Waals surface area contributed by atoms with Gasteiger partial charge in [0.25, 0.3) is 0 Å². The molecule has 0 bridgehead atoms. The Morgan fingerprint density at radius 1 is 1.36 bits per heavy atom. The quantitative estimate of drug-likeness (QED) is 0.622. The number of halogens is 1. The van der Waals surface area contributed by atoms with Crippen LogP contribution in [0.15, 0.2) is 0 Å². The number of alkyl halides is 1. The van der Waals surface area contributed by atoms with E-state index in [1.54, 1.807) is 0 Å². The van der Waals surface area contributed by atoms with Crippen LogP contribution in [-0.4, -0.2) is 20.3 Å². The van der Waals surface area contributed by atoms with E-state index < -0.39 is 0 Å². The Kier molecular flexibility index (Phi) is 6.52. The Bertz CT molecular complexity index is 85.6. The van der Waals surface area contributed by atoms with E-state index in [9.17, 15) is 4.39 Å². The molecule has 0 spiro atoms. The third-order valence-corrected chi connectivity index (χ3v) is 2.24. The molecule has 1 aliphatic heterocycles. The lowest BCUT2D eigenvalue weighted by Crippen LogP contribution is -2.34. The molecular weight excluding hydrogens is 141 g/mol. The van der Waals surface area contributed by atoms with Crippen LogP contribution < -0.4 is 5.32 Å². The van der Waals surface area contributed by atoms with Crippen molar-refractivity contribution in [2.24, 2.45) is 11.8 Å². The van der Waals surface area contributed by atoms with Gasteiger partial charge in [-0.3, -0.25) is 4.39 Å². The lowest BCUT2D eigenvalue weighted by Gasteiger charge is -2.26. The molecule has 1 heterocycles. The van der Waals surface area contributed by atoms with E-state index in [0.29, 0.717) is 7.18 Å². The topological polar surface area (TPSA) is 12.0 Å². The molecule has 0 aliphatic carbocycles. The fraction of sp³-hybridized carbons (Fsp3) is 1.00. The molecule has 0 saturated carbocycles. The van der Waals surface area contributed by atoms with E-state index in [1.807, 2.05) is 0 Å². The molecule has 1 saturated heterocycles. The largest absolute Gasteiger partial charge is 0.316 e. The number of hydrogen-bond donors (Lipinski definition) is 1. The van der Waals surface area contributed by atoms with Gasteiger partial charge in [-0.15, -0.1) is 0 Å². The molecule has 0 radical (unpaired) electrons. The molecule has 11 heavy (non-hydrogen) atoms. The number of rotatable bonds is 1. The molecule has 2 heteroatoms. The van der Waals surface area contributed by atoms with E-state index in [0.717, 1.165) is 11.8 Å². The van der Waals surface area contributed by atoms with Gasteiger partial charge in [0.15, 0.2) is 0 Å². The molecule has 2 atom stereocenters. The zero-order valence-electron chi connectivity index (χ0n) is 7.86. The van der Waals surface area contributed by atoms with Gasteiger partial charge >= 0.3 is 0 Å². The first-order chi connectivity index (χ1) is 5.33. The molecular formula is C9H20FN. The van der Waals surface area contributed by atoms with Crippen LogP contribution in [0.5, 0.6) is 0 Å². The molecule has 68 valence electrons. The zero-order chi connectivity index (χ0) is 8.69. The summed E-state index contributed by atoms with van der Waals surface area (Å²) in [6, 6.07) is 0. The van der Waals surface area contributed by atoms with E-state index >= 15 is 0 Å². The summed E-state index contributed by atoms with van der Waals surface area (Å²) < 4.78 is 9.50. The average Bonchev–Trinajstić information content (AvgIpc) is 2.08. The van der Waals surface area contributed by atoms with Gasteiger partial charge in [0, 0.05) is 0 Å². The Balaban J connectivity index is 0.000000461. The van der Waals surface area contributed by atoms with E-state index in [1.165, 1.54) is 25.9 Å². The van der Waals surface area contributed by atoms with Crippen LogP contribution in [0.25, 0.3) is 0 Å². The second-order valence-electron chi connectivity index (χ2n) is 3.27. The fourth-order valence-corrected chi connectivity index (χ4v) is 1.58. The molecule has 0 aromatic rings. The Hall–Kier alpha value is -0.110. The third kappa shape index (κ3) is 4.35. The Morgan fingerprint density at radius 2 is 2.00 bits per heavy atom. The maximum Gasteiger partial charge on any atom is 0.0785 e. The zero-order valence-corrected chi connectivity index (χ0v) is 7.86. The van der Waals surface area contributed by atoms with Crippen molar-refractivity contribution in [2.75, 3.05) is 20.3 Å². The van der Waals surface area contributed by atoms with Gasteiger partial charge in [0.05, 0.1) is 7.18 Å². The van der Waals surface area contributed by atoms with Gasteiger partial charge < -0.3 is 5.32 Å². The summed E-state index contributed by atoms with van der Waals surface area (Å²) in [5, 5.41) is 3.44. The highest BCUT2D eigenvalue weighted by Crippen LogP contribution is 2.17. The SMILES string of the molecule is CCC1CNCC(C)C1.CF. The van der Waals surface area contributed by atoms with Crippen molar-refractivity contribution in [3.63, 3.8) is 0 Å². The predicted octanol–water partition coefficient (Wildman–Crippen LogP) is 2.23. The second kappa shape index (κ2) is 6.59.